The summed E-state index contributed by atoms with van der Waals surface area (Å²) in [5, 5.41) is 13.6. The molecule has 1 heterocycles. The van der Waals surface area contributed by atoms with E-state index in [1.54, 1.807) is 17.0 Å². The first-order chi connectivity index (χ1) is 11.3. The van der Waals surface area contributed by atoms with Gasteiger partial charge in [-0.2, -0.15) is 0 Å². The molecule has 0 radical (unpaired) electrons. The number of benzene rings is 1. The third kappa shape index (κ3) is 5.63. The number of halogens is 1. The van der Waals surface area contributed by atoms with Gasteiger partial charge in [0.15, 0.2) is 0 Å². The van der Waals surface area contributed by atoms with E-state index in [0.29, 0.717) is 31.2 Å². The summed E-state index contributed by atoms with van der Waals surface area (Å²) < 4.78 is 0. The largest absolute Gasteiger partial charge is 0.390 e. The van der Waals surface area contributed by atoms with Crippen LogP contribution in [0, 0.1) is 6.92 Å². The lowest BCUT2D eigenvalue weighted by atomic mass is 10.2. The fraction of sp³-hybridized carbons (Fsp3) is 0.588. The third-order valence-electron chi connectivity index (χ3n) is 4.11. The highest BCUT2D eigenvalue weighted by Gasteiger charge is 2.22. The summed E-state index contributed by atoms with van der Waals surface area (Å²) in [6.07, 6.45) is -0.364. The van der Waals surface area contributed by atoms with E-state index in [0.717, 1.165) is 24.3 Å². The molecular weight excluding hydrogens is 328 g/mol. The van der Waals surface area contributed by atoms with Crippen molar-refractivity contribution >= 4 is 23.3 Å². The van der Waals surface area contributed by atoms with Crippen LogP contribution in [-0.2, 0) is 0 Å². The van der Waals surface area contributed by atoms with Gasteiger partial charge in [0.1, 0.15) is 0 Å². The highest BCUT2D eigenvalue weighted by Crippen LogP contribution is 2.19. The van der Waals surface area contributed by atoms with Gasteiger partial charge in [0, 0.05) is 50.0 Å². The zero-order valence-corrected chi connectivity index (χ0v) is 15.4. The van der Waals surface area contributed by atoms with E-state index in [9.17, 15) is 9.90 Å². The Kier molecular flexibility index (Phi) is 6.86. The average molecular weight is 355 g/mol. The fourth-order valence-corrected chi connectivity index (χ4v) is 2.95. The predicted octanol–water partition coefficient (Wildman–Crippen LogP) is 1.72. The number of amides is 2. The minimum absolute atomic E-state index is 0.0924. The number of aliphatic hydroxyl groups is 1. The van der Waals surface area contributed by atoms with Gasteiger partial charge in [-0.15, -0.1) is 0 Å². The summed E-state index contributed by atoms with van der Waals surface area (Å²) in [6.45, 7) is 6.08. The molecule has 1 aliphatic rings. The number of nitrogens with zero attached hydrogens (tertiary/aromatic N) is 3. The van der Waals surface area contributed by atoms with E-state index in [4.69, 9.17) is 11.6 Å². The molecule has 0 saturated carbocycles. The number of urea groups is 1. The van der Waals surface area contributed by atoms with Crippen molar-refractivity contribution < 1.29 is 9.90 Å². The Morgan fingerprint density at radius 2 is 2.00 bits per heavy atom. The fourth-order valence-electron chi connectivity index (χ4n) is 2.84. The molecular formula is C17H27ClN4O2. The number of aliphatic hydroxyl groups excluding tert-OH is 1. The van der Waals surface area contributed by atoms with Crippen molar-refractivity contribution in [2.24, 2.45) is 0 Å². The van der Waals surface area contributed by atoms with Crippen LogP contribution in [0.25, 0.3) is 0 Å². The van der Waals surface area contributed by atoms with Crippen molar-refractivity contribution in [2.45, 2.75) is 13.0 Å². The quantitative estimate of drug-likeness (QED) is 0.845. The first kappa shape index (κ1) is 19.0. The Balaban J connectivity index is 1.79. The normalized spacial score (nSPS) is 17.2. The minimum Gasteiger partial charge on any atom is -0.390 e. The van der Waals surface area contributed by atoms with Gasteiger partial charge >= 0.3 is 6.03 Å². The molecule has 2 N–H and O–H groups in total. The van der Waals surface area contributed by atoms with Crippen LogP contribution in [0.5, 0.6) is 0 Å². The van der Waals surface area contributed by atoms with E-state index in [1.165, 1.54) is 0 Å². The van der Waals surface area contributed by atoms with E-state index in [1.807, 2.05) is 32.0 Å². The van der Waals surface area contributed by atoms with Crippen molar-refractivity contribution in [2.75, 3.05) is 58.7 Å². The van der Waals surface area contributed by atoms with E-state index in [-0.39, 0.29) is 12.1 Å². The number of nitrogens with one attached hydrogen (secondary N) is 1. The van der Waals surface area contributed by atoms with Crippen LogP contribution < -0.4 is 5.32 Å². The smallest absolute Gasteiger partial charge is 0.321 e. The first-order valence-corrected chi connectivity index (χ1v) is 8.60. The molecule has 2 amide bonds. The Morgan fingerprint density at radius 1 is 1.33 bits per heavy atom. The van der Waals surface area contributed by atoms with Crippen LogP contribution in [-0.4, -0.2) is 85.3 Å². The molecule has 24 heavy (non-hydrogen) atoms. The summed E-state index contributed by atoms with van der Waals surface area (Å²) in [5.74, 6) is 0. The Labute approximate surface area is 149 Å². The number of likely N-dealkylation sites (N-methyl/N-ethyl adjacent to an activating group) is 1. The monoisotopic (exact) mass is 354 g/mol. The van der Waals surface area contributed by atoms with Crippen molar-refractivity contribution in [1.29, 1.82) is 0 Å². The summed E-state index contributed by atoms with van der Waals surface area (Å²) in [6, 6.07) is 5.37. The van der Waals surface area contributed by atoms with Gasteiger partial charge < -0.3 is 20.2 Å². The topological polar surface area (TPSA) is 59.1 Å². The van der Waals surface area contributed by atoms with Gasteiger partial charge in [-0.1, -0.05) is 11.6 Å². The van der Waals surface area contributed by atoms with Crippen molar-refractivity contribution in [3.05, 3.63) is 28.8 Å². The molecule has 1 saturated heterocycles. The second kappa shape index (κ2) is 8.67. The van der Waals surface area contributed by atoms with Crippen molar-refractivity contribution in [3.8, 4) is 0 Å². The molecule has 0 aromatic heterocycles. The molecule has 0 bridgehead atoms. The summed E-state index contributed by atoms with van der Waals surface area (Å²) >= 11 is 6.00. The Morgan fingerprint density at radius 3 is 2.58 bits per heavy atom. The molecule has 2 rings (SSSR count). The van der Waals surface area contributed by atoms with Gasteiger partial charge in [0.25, 0.3) is 0 Å². The van der Waals surface area contributed by atoms with Crippen LogP contribution in [0.3, 0.4) is 0 Å². The molecule has 0 aliphatic carbocycles. The lowest BCUT2D eigenvalue weighted by molar-refractivity contribution is 0.0677. The molecule has 1 atom stereocenters. The molecule has 1 aromatic rings. The second-order valence-electron chi connectivity index (χ2n) is 6.60. The lowest BCUT2D eigenvalue weighted by Gasteiger charge is -2.35. The number of piperazine rings is 1. The number of hydrogen-bond acceptors (Lipinski definition) is 4. The predicted molar refractivity (Wildman–Crippen MR) is 97.8 cm³/mol. The molecule has 1 aromatic carbocycles. The standard InChI is InChI=1S/C17H27ClN4O2/c1-13-10-14(4-5-16(13)18)19-17(24)22-8-6-21(7-9-22)12-15(23)11-20(2)3/h4-5,10,15,23H,6-9,11-12H2,1-3H3,(H,19,24)/t15-/m0/s1. The summed E-state index contributed by atoms with van der Waals surface area (Å²) in [4.78, 5) is 18.3. The maximum atomic E-state index is 12.3. The van der Waals surface area contributed by atoms with Crippen LogP contribution in [0.4, 0.5) is 10.5 Å². The first-order valence-electron chi connectivity index (χ1n) is 8.22. The van der Waals surface area contributed by atoms with Crippen LogP contribution in [0.1, 0.15) is 5.56 Å². The lowest BCUT2D eigenvalue weighted by Crippen LogP contribution is -2.52. The average Bonchev–Trinajstić information content (AvgIpc) is 2.50. The number of hydrogen-bond donors (Lipinski definition) is 2. The van der Waals surface area contributed by atoms with Gasteiger partial charge in [-0.3, -0.25) is 4.90 Å². The Hall–Kier alpha value is -1.34. The maximum Gasteiger partial charge on any atom is 0.321 e. The SMILES string of the molecule is Cc1cc(NC(=O)N2CCN(C[C@@H](O)CN(C)C)CC2)ccc1Cl. The number of β-amino-alcohol motifs (C(OH)–C–C–N with tert-alkyl or cyclic N) is 1. The maximum absolute atomic E-state index is 12.3. The number of carbonyl (C=O) groups is 1. The number of aryl methyl sites for hydroxylation is 1. The van der Waals surface area contributed by atoms with E-state index < -0.39 is 0 Å². The molecule has 1 fully saturated rings. The van der Waals surface area contributed by atoms with Gasteiger partial charge in [-0.25, -0.2) is 4.79 Å². The molecule has 0 unspecified atom stereocenters. The van der Waals surface area contributed by atoms with Crippen molar-refractivity contribution in [1.82, 2.24) is 14.7 Å². The van der Waals surface area contributed by atoms with E-state index in [2.05, 4.69) is 10.2 Å². The molecule has 1 aliphatic heterocycles. The number of rotatable bonds is 5. The van der Waals surface area contributed by atoms with Crippen LogP contribution >= 0.6 is 11.6 Å². The number of anilines is 1. The zero-order valence-electron chi connectivity index (χ0n) is 14.6. The summed E-state index contributed by atoms with van der Waals surface area (Å²) in [7, 11) is 3.90. The van der Waals surface area contributed by atoms with Crippen molar-refractivity contribution in [3.63, 3.8) is 0 Å². The molecule has 7 heteroatoms. The molecule has 0 spiro atoms. The minimum atomic E-state index is -0.364. The van der Waals surface area contributed by atoms with E-state index >= 15 is 0 Å². The third-order valence-corrected chi connectivity index (χ3v) is 4.54. The highest BCUT2D eigenvalue weighted by atomic mass is 35.5. The van der Waals surface area contributed by atoms with Crippen LogP contribution in [0.2, 0.25) is 5.02 Å². The van der Waals surface area contributed by atoms with Gasteiger partial charge in [-0.05, 0) is 44.8 Å². The number of carbonyl (C=O) groups excluding carboxylic acids is 1. The summed E-state index contributed by atoms with van der Waals surface area (Å²) in [5.41, 5.74) is 1.69. The van der Waals surface area contributed by atoms with Gasteiger partial charge in [0.05, 0.1) is 6.10 Å². The van der Waals surface area contributed by atoms with Gasteiger partial charge in [0.2, 0.25) is 0 Å². The molecule has 6 nitrogen and oxygen atoms in total. The second-order valence-corrected chi connectivity index (χ2v) is 7.01. The Bertz CT molecular complexity index is 560. The molecule has 134 valence electrons. The highest BCUT2D eigenvalue weighted by molar-refractivity contribution is 6.31. The van der Waals surface area contributed by atoms with Crippen LogP contribution in [0.15, 0.2) is 18.2 Å². The zero-order chi connectivity index (χ0) is 17.7.